The Morgan fingerprint density at radius 3 is 2.10 bits per heavy atom. The second kappa shape index (κ2) is 8.75. The van der Waals surface area contributed by atoms with E-state index in [9.17, 15) is 13.2 Å². The van der Waals surface area contributed by atoms with Crippen molar-refractivity contribution in [1.82, 2.24) is 0 Å². The van der Waals surface area contributed by atoms with Gasteiger partial charge in [0.2, 0.25) is 0 Å². The topological polar surface area (TPSA) is 63.7 Å². The molecule has 0 N–H and O–H groups in total. The summed E-state index contributed by atoms with van der Waals surface area (Å²) in [6.07, 6.45) is 2.84. The van der Waals surface area contributed by atoms with Crippen LogP contribution in [0.2, 0.25) is 0 Å². The van der Waals surface area contributed by atoms with Gasteiger partial charge >= 0.3 is 0 Å². The highest BCUT2D eigenvalue weighted by Crippen LogP contribution is 2.26. The highest BCUT2D eigenvalue weighted by atomic mass is 32.2. The van der Waals surface area contributed by atoms with Crippen LogP contribution in [0.1, 0.15) is 11.1 Å². The van der Waals surface area contributed by atoms with Gasteiger partial charge in [-0.2, -0.15) is 4.31 Å². The Hall–Kier alpha value is -3.38. The number of carbonyl (C=O) groups is 1. The summed E-state index contributed by atoms with van der Waals surface area (Å²) in [5, 5.41) is 0. The van der Waals surface area contributed by atoms with Crippen LogP contribution in [0.4, 0.5) is 5.69 Å². The molecule has 3 aromatic carbocycles. The van der Waals surface area contributed by atoms with Crippen LogP contribution in [0, 0.1) is 6.92 Å². The largest absolute Gasteiger partial charge is 0.497 e. The number of hydrogen-bond donors (Lipinski definition) is 0. The van der Waals surface area contributed by atoms with E-state index >= 15 is 0 Å². The molecule has 0 atom stereocenters. The molecule has 0 aliphatic carbocycles. The monoisotopic (exact) mass is 407 g/mol. The van der Waals surface area contributed by atoms with Crippen LogP contribution < -0.4 is 9.04 Å². The van der Waals surface area contributed by atoms with Gasteiger partial charge in [0, 0.05) is 6.08 Å². The smallest absolute Gasteiger partial charge is 0.271 e. The number of hydrogen-bond acceptors (Lipinski definition) is 4. The molecule has 0 saturated carbocycles. The lowest BCUT2D eigenvalue weighted by atomic mass is 10.2. The predicted molar refractivity (Wildman–Crippen MR) is 114 cm³/mol. The molecule has 0 bridgehead atoms. The molecule has 0 unspecified atom stereocenters. The van der Waals surface area contributed by atoms with Gasteiger partial charge in [-0.3, -0.25) is 4.79 Å². The maximum atomic E-state index is 13.3. The molecule has 1 amide bonds. The Bertz CT molecular complexity index is 1100. The first-order valence-corrected chi connectivity index (χ1v) is 10.4. The van der Waals surface area contributed by atoms with Crippen LogP contribution in [0.15, 0.2) is 89.8 Å². The van der Waals surface area contributed by atoms with Gasteiger partial charge in [-0.1, -0.05) is 48.0 Å². The van der Waals surface area contributed by atoms with Crippen LogP contribution in [0.5, 0.6) is 5.75 Å². The molecular formula is C23H21NO4S. The molecule has 6 heteroatoms. The summed E-state index contributed by atoms with van der Waals surface area (Å²) in [5.41, 5.74) is 1.95. The third-order valence-corrected chi connectivity index (χ3v) is 6.02. The molecule has 3 aromatic rings. The van der Waals surface area contributed by atoms with Crippen molar-refractivity contribution in [3.8, 4) is 5.75 Å². The highest BCUT2D eigenvalue weighted by molar-refractivity contribution is 7.93. The molecule has 0 fully saturated rings. The third-order valence-electron chi connectivity index (χ3n) is 4.28. The summed E-state index contributed by atoms with van der Waals surface area (Å²) in [7, 11) is -2.58. The van der Waals surface area contributed by atoms with E-state index in [1.807, 2.05) is 37.3 Å². The van der Waals surface area contributed by atoms with Crippen molar-refractivity contribution < 1.29 is 17.9 Å². The zero-order valence-electron chi connectivity index (χ0n) is 16.1. The fourth-order valence-corrected chi connectivity index (χ4v) is 4.10. The van der Waals surface area contributed by atoms with Gasteiger partial charge in [-0.15, -0.1) is 0 Å². The average Bonchev–Trinajstić information content (AvgIpc) is 2.74. The molecule has 0 spiro atoms. The molecule has 3 rings (SSSR count). The van der Waals surface area contributed by atoms with Crippen LogP contribution in [-0.2, 0) is 14.8 Å². The van der Waals surface area contributed by atoms with E-state index in [2.05, 4.69) is 0 Å². The van der Waals surface area contributed by atoms with E-state index < -0.39 is 15.9 Å². The number of benzene rings is 3. The van der Waals surface area contributed by atoms with Crippen LogP contribution in [-0.4, -0.2) is 21.4 Å². The van der Waals surface area contributed by atoms with Crippen molar-refractivity contribution in [2.75, 3.05) is 11.4 Å². The maximum absolute atomic E-state index is 13.3. The standard InChI is InChI=1S/C23H21NO4S/c1-18-8-15-22(16-9-18)29(26,27)24(20-11-13-21(28-2)14-12-20)23(25)17-10-19-6-4-3-5-7-19/h3-17H,1-2H3/b17-10+. The molecular weight excluding hydrogens is 386 g/mol. The van der Waals surface area contributed by atoms with Crippen LogP contribution >= 0.6 is 0 Å². The van der Waals surface area contributed by atoms with Crippen molar-refractivity contribution in [2.24, 2.45) is 0 Å². The van der Waals surface area contributed by atoms with E-state index in [0.717, 1.165) is 15.4 Å². The summed E-state index contributed by atoms with van der Waals surface area (Å²) in [5.74, 6) is -0.103. The van der Waals surface area contributed by atoms with Crippen molar-refractivity contribution in [3.05, 3.63) is 96.1 Å². The van der Waals surface area contributed by atoms with Crippen LogP contribution in [0.25, 0.3) is 6.08 Å². The number of anilines is 1. The number of ether oxygens (including phenoxy) is 1. The number of aryl methyl sites for hydroxylation is 1. The number of carbonyl (C=O) groups excluding carboxylic acids is 1. The lowest BCUT2D eigenvalue weighted by Gasteiger charge is -2.21. The third kappa shape index (κ3) is 4.73. The van der Waals surface area contributed by atoms with Gasteiger partial charge in [-0.05, 0) is 55.0 Å². The second-order valence-electron chi connectivity index (χ2n) is 6.36. The first kappa shape index (κ1) is 20.4. The predicted octanol–water partition coefficient (Wildman–Crippen LogP) is 4.44. The van der Waals surface area contributed by atoms with Gasteiger partial charge in [0.25, 0.3) is 15.9 Å². The minimum absolute atomic E-state index is 0.0420. The Labute approximate surface area is 170 Å². The van der Waals surface area contributed by atoms with Gasteiger partial charge in [0.15, 0.2) is 0 Å². The van der Waals surface area contributed by atoms with E-state index in [1.54, 1.807) is 42.5 Å². The van der Waals surface area contributed by atoms with Crippen molar-refractivity contribution in [1.29, 1.82) is 0 Å². The molecule has 0 heterocycles. The van der Waals surface area contributed by atoms with E-state index in [4.69, 9.17) is 4.74 Å². The van der Waals surface area contributed by atoms with Crippen molar-refractivity contribution >= 4 is 27.7 Å². The fraction of sp³-hybridized carbons (Fsp3) is 0.0870. The Kier molecular flexibility index (Phi) is 6.14. The Morgan fingerprint density at radius 2 is 1.52 bits per heavy atom. The molecule has 5 nitrogen and oxygen atoms in total. The van der Waals surface area contributed by atoms with Gasteiger partial charge < -0.3 is 4.74 Å². The van der Waals surface area contributed by atoms with E-state index in [0.29, 0.717) is 5.75 Å². The first-order chi connectivity index (χ1) is 13.9. The normalized spacial score (nSPS) is 11.4. The van der Waals surface area contributed by atoms with Gasteiger partial charge in [-0.25, -0.2) is 8.42 Å². The summed E-state index contributed by atoms with van der Waals surface area (Å²) < 4.78 is 32.5. The summed E-state index contributed by atoms with van der Waals surface area (Å²) in [6, 6.07) is 21.9. The lowest BCUT2D eigenvalue weighted by Crippen LogP contribution is -2.35. The fourth-order valence-electron chi connectivity index (χ4n) is 2.72. The minimum Gasteiger partial charge on any atom is -0.497 e. The molecule has 148 valence electrons. The zero-order chi connectivity index (χ0) is 20.9. The van der Waals surface area contributed by atoms with Crippen molar-refractivity contribution in [2.45, 2.75) is 11.8 Å². The van der Waals surface area contributed by atoms with Gasteiger partial charge in [0.05, 0.1) is 17.7 Å². The quantitative estimate of drug-likeness (QED) is 0.567. The number of nitrogens with zero attached hydrogens (tertiary/aromatic N) is 1. The number of methoxy groups -OCH3 is 1. The molecule has 0 saturated heterocycles. The zero-order valence-corrected chi connectivity index (χ0v) is 17.0. The Balaban J connectivity index is 2.04. The number of amides is 1. The first-order valence-electron chi connectivity index (χ1n) is 8.95. The van der Waals surface area contributed by atoms with E-state index in [1.165, 1.54) is 25.3 Å². The maximum Gasteiger partial charge on any atom is 0.271 e. The molecule has 0 radical (unpaired) electrons. The molecule has 29 heavy (non-hydrogen) atoms. The Morgan fingerprint density at radius 1 is 0.897 bits per heavy atom. The highest BCUT2D eigenvalue weighted by Gasteiger charge is 2.29. The average molecular weight is 407 g/mol. The van der Waals surface area contributed by atoms with E-state index in [-0.39, 0.29) is 10.6 Å². The summed E-state index contributed by atoms with van der Waals surface area (Å²) in [6.45, 7) is 1.87. The summed E-state index contributed by atoms with van der Waals surface area (Å²) >= 11 is 0. The minimum atomic E-state index is -4.10. The van der Waals surface area contributed by atoms with Gasteiger partial charge in [0.1, 0.15) is 5.75 Å². The van der Waals surface area contributed by atoms with Crippen molar-refractivity contribution in [3.63, 3.8) is 0 Å². The number of sulfonamides is 1. The molecule has 0 aromatic heterocycles. The second-order valence-corrected chi connectivity index (χ2v) is 8.15. The van der Waals surface area contributed by atoms with Crippen LogP contribution in [0.3, 0.4) is 0 Å². The number of rotatable bonds is 6. The summed E-state index contributed by atoms with van der Waals surface area (Å²) in [4.78, 5) is 13.0. The molecule has 0 aliphatic rings. The SMILES string of the molecule is COc1ccc(N(C(=O)/C=C/c2ccccc2)S(=O)(=O)c2ccc(C)cc2)cc1. The molecule has 0 aliphatic heterocycles. The lowest BCUT2D eigenvalue weighted by molar-refractivity contribution is -0.113.